The van der Waals surface area contributed by atoms with Gasteiger partial charge >= 0.3 is 0 Å². The van der Waals surface area contributed by atoms with Crippen molar-refractivity contribution in [3.8, 4) is 17.2 Å². The monoisotopic (exact) mass is 585 g/mol. The van der Waals surface area contributed by atoms with Gasteiger partial charge in [0.2, 0.25) is 5.95 Å². The molecule has 0 spiro atoms. The minimum atomic E-state index is 0. The van der Waals surface area contributed by atoms with Crippen LogP contribution in [-0.2, 0) is 0 Å². The number of para-hydroxylation sites is 1. The van der Waals surface area contributed by atoms with E-state index in [4.69, 9.17) is 9.97 Å². The smallest absolute Gasteiger partial charge is 0.235 e. The zero-order valence-electron chi connectivity index (χ0n) is 22.8. The van der Waals surface area contributed by atoms with Gasteiger partial charge in [-0.1, -0.05) is 109 Å². The molecule has 0 amide bonds. The number of hydrogen-bond acceptors (Lipinski definition) is 4. The van der Waals surface area contributed by atoms with Crippen molar-refractivity contribution in [2.24, 2.45) is 0 Å². The normalized spacial score (nSPS) is 12.2. The molecule has 0 radical (unpaired) electrons. The second-order valence-electron chi connectivity index (χ2n) is 10.9. The van der Waals surface area contributed by atoms with Gasteiger partial charge in [-0.05, 0) is 23.6 Å². The van der Waals surface area contributed by atoms with E-state index in [0.717, 1.165) is 32.5 Å². The fraction of sp³-hybridized carbons (Fsp3) is 0. The Bertz CT molecular complexity index is 2740. The maximum absolute atomic E-state index is 5.40. The summed E-state index contributed by atoms with van der Waals surface area (Å²) in [5, 5.41) is 8.77. The Morgan fingerprint density at radius 2 is 1.09 bits per heavy atom. The molecule has 10 aromatic rings. The lowest BCUT2D eigenvalue weighted by atomic mass is 10.00. The topological polar surface area (TPSA) is 30.7 Å². The van der Waals surface area contributed by atoms with Gasteiger partial charge in [-0.3, -0.25) is 4.57 Å². The Morgan fingerprint density at radius 3 is 1.91 bits per heavy atom. The number of aromatic nitrogens is 3. The number of fused-ring (bicyclic) bond motifs is 13. The lowest BCUT2D eigenvalue weighted by molar-refractivity contribution is 1.02. The van der Waals surface area contributed by atoms with Gasteiger partial charge in [0.05, 0.1) is 26.9 Å². The minimum absolute atomic E-state index is 0. The molecule has 0 N–H and O–H groups in total. The summed E-state index contributed by atoms with van der Waals surface area (Å²) in [7, 11) is 0. The van der Waals surface area contributed by atoms with E-state index in [0.29, 0.717) is 5.95 Å². The lowest BCUT2D eigenvalue weighted by Gasteiger charge is -2.12. The highest BCUT2D eigenvalue weighted by molar-refractivity contribution is 7.27. The van der Waals surface area contributed by atoms with Gasteiger partial charge in [-0.25, -0.2) is 9.97 Å². The summed E-state index contributed by atoms with van der Waals surface area (Å²) >= 11 is 3.65. The quantitative estimate of drug-likeness (QED) is 0.202. The van der Waals surface area contributed by atoms with Crippen molar-refractivity contribution in [1.29, 1.82) is 0 Å². The summed E-state index contributed by atoms with van der Waals surface area (Å²) in [5.74, 6) is 0.701. The third-order valence-electron chi connectivity index (χ3n) is 8.60. The first-order chi connectivity index (χ1) is 21.3. The number of thiophene rings is 2. The first-order valence-corrected chi connectivity index (χ1v) is 16.0. The third kappa shape index (κ3) is 3.18. The minimum Gasteiger partial charge on any atom is -0.277 e. The average molecular weight is 586 g/mol. The van der Waals surface area contributed by atoms with Crippen LogP contribution in [0.4, 0.5) is 0 Å². The molecular weight excluding hydrogens is 563 g/mol. The predicted molar refractivity (Wildman–Crippen MR) is 187 cm³/mol. The van der Waals surface area contributed by atoms with Crippen LogP contribution in [0.3, 0.4) is 0 Å². The van der Waals surface area contributed by atoms with Gasteiger partial charge in [-0.2, -0.15) is 0 Å². The average Bonchev–Trinajstić information content (AvgIpc) is 3.75. The largest absolute Gasteiger partial charge is 0.277 e. The molecule has 0 saturated heterocycles. The molecular formula is C38H23N3S2. The van der Waals surface area contributed by atoms with Crippen molar-refractivity contribution in [3.63, 3.8) is 0 Å². The van der Waals surface area contributed by atoms with E-state index in [-0.39, 0.29) is 1.43 Å². The van der Waals surface area contributed by atoms with E-state index in [2.05, 4.69) is 132 Å². The van der Waals surface area contributed by atoms with Gasteiger partial charge in [0.1, 0.15) is 0 Å². The predicted octanol–water partition coefficient (Wildman–Crippen LogP) is 11.4. The van der Waals surface area contributed by atoms with Crippen molar-refractivity contribution < 1.29 is 1.43 Å². The standard InChI is InChI=1S/C38H21N3S2.H2/c1-2-12-22(13-3-1)33-37-34(27-18-8-11-21-30(27)43-37)40-38(39-33)41-28-19-9-6-16-25(28)32-35(41)24-15-5-4-14-23(24)31-26-17-7-10-20-29(26)42-36(31)32;/h1-21H;1H. The van der Waals surface area contributed by atoms with Gasteiger partial charge in [0.15, 0.2) is 0 Å². The molecule has 202 valence electrons. The Kier molecular flexibility index (Phi) is 4.75. The molecule has 0 aliphatic heterocycles. The molecule has 0 unspecified atom stereocenters. The van der Waals surface area contributed by atoms with Gasteiger partial charge in [0, 0.05) is 53.4 Å². The van der Waals surface area contributed by atoms with Crippen molar-refractivity contribution in [2.45, 2.75) is 0 Å². The zero-order valence-corrected chi connectivity index (χ0v) is 24.4. The molecule has 4 heterocycles. The van der Waals surface area contributed by atoms with Crippen LogP contribution >= 0.6 is 22.7 Å². The van der Waals surface area contributed by atoms with E-state index in [1.165, 1.54) is 51.8 Å². The summed E-state index contributed by atoms with van der Waals surface area (Å²) < 4.78 is 7.28. The summed E-state index contributed by atoms with van der Waals surface area (Å²) in [5.41, 5.74) is 5.35. The molecule has 0 aliphatic rings. The maximum Gasteiger partial charge on any atom is 0.235 e. The fourth-order valence-electron chi connectivity index (χ4n) is 6.80. The van der Waals surface area contributed by atoms with Crippen LogP contribution in [0.25, 0.3) is 90.3 Å². The Hall–Kier alpha value is -5.10. The van der Waals surface area contributed by atoms with Crippen LogP contribution in [0, 0.1) is 0 Å². The van der Waals surface area contributed by atoms with E-state index >= 15 is 0 Å². The molecule has 3 nitrogen and oxygen atoms in total. The number of rotatable bonds is 2. The van der Waals surface area contributed by atoms with Crippen LogP contribution in [0.2, 0.25) is 0 Å². The van der Waals surface area contributed by atoms with Gasteiger partial charge in [-0.15, -0.1) is 22.7 Å². The second kappa shape index (κ2) is 8.71. The molecule has 6 aromatic carbocycles. The molecule has 4 aromatic heterocycles. The summed E-state index contributed by atoms with van der Waals surface area (Å²) in [6.07, 6.45) is 0. The van der Waals surface area contributed by atoms with Crippen molar-refractivity contribution in [3.05, 3.63) is 127 Å². The maximum atomic E-state index is 5.40. The van der Waals surface area contributed by atoms with Crippen molar-refractivity contribution >= 4 is 95.7 Å². The molecule has 43 heavy (non-hydrogen) atoms. The third-order valence-corrected chi connectivity index (χ3v) is 11.0. The van der Waals surface area contributed by atoms with Crippen molar-refractivity contribution in [2.75, 3.05) is 0 Å². The zero-order chi connectivity index (χ0) is 28.1. The Balaban J connectivity index is 0.00000270. The summed E-state index contributed by atoms with van der Waals surface area (Å²) in [6, 6.07) is 45.5. The molecule has 0 aliphatic carbocycles. The number of benzene rings is 6. The highest BCUT2D eigenvalue weighted by atomic mass is 32.1. The molecule has 10 rings (SSSR count). The SMILES string of the molecule is [HH].c1ccc(-c2nc(-n3c4ccccc4c4c5sc6ccccc6c5c5ccccc5c43)nc3c2sc2ccccc23)cc1. The summed E-state index contributed by atoms with van der Waals surface area (Å²) in [6.45, 7) is 0. The van der Waals surface area contributed by atoms with Crippen LogP contribution < -0.4 is 0 Å². The Labute approximate surface area is 255 Å². The molecule has 5 heteroatoms. The fourth-order valence-corrected chi connectivity index (χ4v) is 9.23. The molecule has 0 bridgehead atoms. The molecule has 0 fully saturated rings. The number of hydrogen-bond donors (Lipinski definition) is 0. The lowest BCUT2D eigenvalue weighted by Crippen LogP contribution is -2.03. The van der Waals surface area contributed by atoms with E-state index in [1.807, 2.05) is 11.3 Å². The van der Waals surface area contributed by atoms with Crippen LogP contribution in [-0.4, -0.2) is 14.5 Å². The second-order valence-corrected chi connectivity index (χ2v) is 13.0. The molecule has 0 atom stereocenters. The first kappa shape index (κ1) is 23.5. The summed E-state index contributed by atoms with van der Waals surface area (Å²) in [4.78, 5) is 10.8. The van der Waals surface area contributed by atoms with Gasteiger partial charge < -0.3 is 0 Å². The van der Waals surface area contributed by atoms with Crippen LogP contribution in [0.15, 0.2) is 127 Å². The van der Waals surface area contributed by atoms with E-state index in [9.17, 15) is 0 Å². The molecule has 0 saturated carbocycles. The van der Waals surface area contributed by atoms with Crippen LogP contribution in [0.5, 0.6) is 0 Å². The van der Waals surface area contributed by atoms with Crippen molar-refractivity contribution in [1.82, 2.24) is 14.5 Å². The van der Waals surface area contributed by atoms with Crippen LogP contribution in [0.1, 0.15) is 1.43 Å². The highest BCUT2D eigenvalue weighted by Crippen LogP contribution is 2.48. The highest BCUT2D eigenvalue weighted by Gasteiger charge is 2.24. The van der Waals surface area contributed by atoms with E-state index < -0.39 is 0 Å². The number of nitrogens with zero attached hydrogens (tertiary/aromatic N) is 3. The van der Waals surface area contributed by atoms with Gasteiger partial charge in [0.25, 0.3) is 0 Å². The first-order valence-electron chi connectivity index (χ1n) is 14.4. The Morgan fingerprint density at radius 1 is 0.488 bits per heavy atom. The van der Waals surface area contributed by atoms with E-state index in [1.54, 1.807) is 11.3 Å².